The summed E-state index contributed by atoms with van der Waals surface area (Å²) < 4.78 is 5.95. The van der Waals surface area contributed by atoms with Crippen molar-refractivity contribution in [2.75, 3.05) is 5.32 Å². The van der Waals surface area contributed by atoms with E-state index in [1.165, 1.54) is 0 Å². The van der Waals surface area contributed by atoms with Crippen molar-refractivity contribution in [2.24, 2.45) is 0 Å². The molecule has 17 heavy (non-hydrogen) atoms. The van der Waals surface area contributed by atoms with E-state index in [9.17, 15) is 4.79 Å². The summed E-state index contributed by atoms with van der Waals surface area (Å²) in [6, 6.07) is 7.94. The van der Waals surface area contributed by atoms with Crippen LogP contribution in [-0.4, -0.2) is 16.1 Å². The maximum absolute atomic E-state index is 10.6. The maximum atomic E-state index is 10.6. The molecule has 0 amide bonds. The summed E-state index contributed by atoms with van der Waals surface area (Å²) in [4.78, 5) is 14.3. The zero-order valence-corrected chi connectivity index (χ0v) is 10.3. The van der Waals surface area contributed by atoms with E-state index in [0.717, 1.165) is 16.3 Å². The SMILES string of the molecule is O=C(O)c1coc(NCc2cccc(Br)c2)n1. The fourth-order valence-corrected chi connectivity index (χ4v) is 1.72. The zero-order chi connectivity index (χ0) is 12.3. The number of hydrogen-bond donors (Lipinski definition) is 2. The first kappa shape index (κ1) is 11.7. The first-order valence-electron chi connectivity index (χ1n) is 4.82. The third-order valence-electron chi connectivity index (χ3n) is 2.06. The van der Waals surface area contributed by atoms with Crippen molar-refractivity contribution in [1.29, 1.82) is 0 Å². The minimum Gasteiger partial charge on any atom is -0.476 e. The molecular weight excluding hydrogens is 288 g/mol. The van der Waals surface area contributed by atoms with E-state index in [1.54, 1.807) is 0 Å². The highest BCUT2D eigenvalue weighted by molar-refractivity contribution is 9.10. The molecule has 0 unspecified atom stereocenters. The van der Waals surface area contributed by atoms with Gasteiger partial charge in [0.1, 0.15) is 6.26 Å². The molecule has 0 saturated heterocycles. The molecular formula is C11H9BrN2O3. The number of halogens is 1. The van der Waals surface area contributed by atoms with Crippen LogP contribution < -0.4 is 5.32 Å². The number of rotatable bonds is 4. The number of hydrogen-bond acceptors (Lipinski definition) is 4. The van der Waals surface area contributed by atoms with Gasteiger partial charge in [-0.15, -0.1) is 0 Å². The van der Waals surface area contributed by atoms with Gasteiger partial charge in [0.05, 0.1) is 0 Å². The molecule has 1 aromatic heterocycles. The number of benzene rings is 1. The molecule has 0 aliphatic heterocycles. The molecule has 0 saturated carbocycles. The Morgan fingerprint density at radius 1 is 1.53 bits per heavy atom. The molecule has 0 radical (unpaired) electrons. The van der Waals surface area contributed by atoms with Crippen molar-refractivity contribution in [2.45, 2.75) is 6.54 Å². The highest BCUT2D eigenvalue weighted by Crippen LogP contribution is 2.13. The summed E-state index contributed by atoms with van der Waals surface area (Å²) in [7, 11) is 0. The Morgan fingerprint density at radius 3 is 3.00 bits per heavy atom. The maximum Gasteiger partial charge on any atom is 0.357 e. The summed E-state index contributed by atoms with van der Waals surface area (Å²) >= 11 is 3.37. The number of anilines is 1. The van der Waals surface area contributed by atoms with E-state index < -0.39 is 5.97 Å². The lowest BCUT2D eigenvalue weighted by molar-refractivity contribution is 0.0690. The highest BCUT2D eigenvalue weighted by Gasteiger charge is 2.09. The molecule has 2 N–H and O–H groups in total. The second-order valence-corrected chi connectivity index (χ2v) is 4.24. The normalized spacial score (nSPS) is 10.2. The van der Waals surface area contributed by atoms with Crippen LogP contribution in [0.25, 0.3) is 0 Å². The fourth-order valence-electron chi connectivity index (χ4n) is 1.28. The Balaban J connectivity index is 2.00. The monoisotopic (exact) mass is 296 g/mol. The summed E-state index contributed by atoms with van der Waals surface area (Å²) in [5, 5.41) is 11.6. The zero-order valence-electron chi connectivity index (χ0n) is 8.68. The molecule has 0 spiro atoms. The first-order valence-corrected chi connectivity index (χ1v) is 5.61. The largest absolute Gasteiger partial charge is 0.476 e. The van der Waals surface area contributed by atoms with Gasteiger partial charge in [0, 0.05) is 11.0 Å². The van der Waals surface area contributed by atoms with Crippen LogP contribution >= 0.6 is 15.9 Å². The number of aromatic nitrogens is 1. The lowest BCUT2D eigenvalue weighted by Crippen LogP contribution is -2.01. The van der Waals surface area contributed by atoms with Crippen LogP contribution in [0.2, 0.25) is 0 Å². The van der Waals surface area contributed by atoms with Crippen molar-refractivity contribution in [1.82, 2.24) is 4.98 Å². The number of nitrogens with one attached hydrogen (secondary N) is 1. The van der Waals surface area contributed by atoms with Gasteiger partial charge >= 0.3 is 5.97 Å². The molecule has 0 bridgehead atoms. The molecule has 5 nitrogen and oxygen atoms in total. The van der Waals surface area contributed by atoms with Gasteiger partial charge in [0.25, 0.3) is 6.01 Å². The van der Waals surface area contributed by atoms with E-state index in [-0.39, 0.29) is 11.7 Å². The standard InChI is InChI=1S/C11H9BrN2O3/c12-8-3-1-2-7(4-8)5-13-11-14-9(6-17-11)10(15)16/h1-4,6H,5H2,(H,13,14)(H,15,16). The molecule has 0 aliphatic carbocycles. The van der Waals surface area contributed by atoms with Gasteiger partial charge in [-0.25, -0.2) is 4.79 Å². The second-order valence-electron chi connectivity index (χ2n) is 3.33. The number of nitrogens with zero attached hydrogens (tertiary/aromatic N) is 1. The molecule has 1 aromatic carbocycles. The van der Waals surface area contributed by atoms with Crippen LogP contribution in [0.5, 0.6) is 0 Å². The van der Waals surface area contributed by atoms with Crippen molar-refractivity contribution in [3.05, 3.63) is 46.3 Å². The van der Waals surface area contributed by atoms with Crippen LogP contribution in [0, 0.1) is 0 Å². The second kappa shape index (κ2) is 5.01. The van der Waals surface area contributed by atoms with E-state index in [0.29, 0.717) is 6.54 Å². The Morgan fingerprint density at radius 2 is 2.35 bits per heavy atom. The Labute approximate surface area is 106 Å². The van der Waals surface area contributed by atoms with Crippen molar-refractivity contribution in [3.8, 4) is 0 Å². The molecule has 0 fully saturated rings. The van der Waals surface area contributed by atoms with E-state index in [4.69, 9.17) is 9.52 Å². The minimum absolute atomic E-state index is 0.109. The topological polar surface area (TPSA) is 75.4 Å². The third kappa shape index (κ3) is 3.07. The first-order chi connectivity index (χ1) is 8.15. The average molecular weight is 297 g/mol. The Bertz CT molecular complexity index is 539. The smallest absolute Gasteiger partial charge is 0.357 e. The fraction of sp³-hybridized carbons (Fsp3) is 0.0909. The van der Waals surface area contributed by atoms with Crippen molar-refractivity contribution in [3.63, 3.8) is 0 Å². The van der Waals surface area contributed by atoms with Crippen LogP contribution in [0.4, 0.5) is 6.01 Å². The summed E-state index contributed by atoms with van der Waals surface area (Å²) in [5.74, 6) is -1.11. The van der Waals surface area contributed by atoms with Crippen LogP contribution in [0.1, 0.15) is 16.1 Å². The number of carboxylic acid groups (broad SMARTS) is 1. The molecule has 0 atom stereocenters. The predicted octanol–water partition coefficient (Wildman–Crippen LogP) is 2.75. The van der Waals surface area contributed by atoms with Crippen molar-refractivity contribution >= 4 is 27.9 Å². The Kier molecular flexibility index (Phi) is 3.43. The lowest BCUT2D eigenvalue weighted by Gasteiger charge is -2.02. The van der Waals surface area contributed by atoms with E-state index >= 15 is 0 Å². The number of oxazole rings is 1. The third-order valence-corrected chi connectivity index (χ3v) is 2.55. The molecule has 6 heteroatoms. The number of aromatic carboxylic acids is 1. The Hall–Kier alpha value is -1.82. The van der Waals surface area contributed by atoms with Gasteiger partial charge in [-0.2, -0.15) is 4.98 Å². The van der Waals surface area contributed by atoms with Crippen LogP contribution in [0.3, 0.4) is 0 Å². The summed E-state index contributed by atoms with van der Waals surface area (Å²) in [6.07, 6.45) is 1.10. The minimum atomic E-state index is -1.11. The van der Waals surface area contributed by atoms with Crippen LogP contribution in [-0.2, 0) is 6.54 Å². The molecule has 0 aliphatic rings. The molecule has 1 heterocycles. The van der Waals surface area contributed by atoms with Gasteiger partial charge in [-0.3, -0.25) is 0 Å². The summed E-state index contributed by atoms with van der Waals surface area (Å²) in [6.45, 7) is 0.513. The number of carboxylic acids is 1. The lowest BCUT2D eigenvalue weighted by atomic mass is 10.2. The van der Waals surface area contributed by atoms with Gasteiger partial charge in [-0.1, -0.05) is 28.1 Å². The molecule has 2 rings (SSSR count). The predicted molar refractivity (Wildman–Crippen MR) is 64.9 cm³/mol. The van der Waals surface area contributed by atoms with Crippen LogP contribution in [0.15, 0.2) is 39.4 Å². The van der Waals surface area contributed by atoms with Crippen molar-refractivity contribution < 1.29 is 14.3 Å². The molecule has 2 aromatic rings. The number of carbonyl (C=O) groups is 1. The average Bonchev–Trinajstić information content (AvgIpc) is 2.75. The van der Waals surface area contributed by atoms with Gasteiger partial charge < -0.3 is 14.8 Å². The van der Waals surface area contributed by atoms with Gasteiger partial charge in [-0.05, 0) is 17.7 Å². The van der Waals surface area contributed by atoms with E-state index in [1.807, 2.05) is 24.3 Å². The summed E-state index contributed by atoms with van der Waals surface area (Å²) in [5.41, 5.74) is 0.927. The van der Waals surface area contributed by atoms with Gasteiger partial charge in [0.15, 0.2) is 5.69 Å². The van der Waals surface area contributed by atoms with Gasteiger partial charge in [0.2, 0.25) is 0 Å². The van der Waals surface area contributed by atoms with E-state index in [2.05, 4.69) is 26.2 Å². The highest BCUT2D eigenvalue weighted by atomic mass is 79.9. The quantitative estimate of drug-likeness (QED) is 0.907. The molecule has 88 valence electrons.